The summed E-state index contributed by atoms with van der Waals surface area (Å²) < 4.78 is 5.43. The van der Waals surface area contributed by atoms with Crippen LogP contribution in [0.2, 0.25) is 0 Å². The fraction of sp³-hybridized carbons (Fsp3) is 0.667. The molecule has 0 bridgehead atoms. The van der Waals surface area contributed by atoms with Crippen molar-refractivity contribution >= 4 is 5.82 Å². The van der Waals surface area contributed by atoms with Crippen LogP contribution < -0.4 is 15.8 Å². The number of hydrogen-bond donors (Lipinski definition) is 2. The van der Waals surface area contributed by atoms with Gasteiger partial charge in [-0.05, 0) is 12.3 Å². The van der Waals surface area contributed by atoms with Crippen molar-refractivity contribution < 1.29 is 4.74 Å². The van der Waals surface area contributed by atoms with Gasteiger partial charge in [-0.25, -0.2) is 9.97 Å². The average Bonchev–Trinajstić information content (AvgIpc) is 2.33. The van der Waals surface area contributed by atoms with Crippen molar-refractivity contribution in [2.24, 2.45) is 11.7 Å². The molecule has 5 nitrogen and oxygen atoms in total. The van der Waals surface area contributed by atoms with Crippen LogP contribution in [0.5, 0.6) is 5.88 Å². The van der Waals surface area contributed by atoms with Crippen molar-refractivity contribution in [3.8, 4) is 5.88 Å². The van der Waals surface area contributed by atoms with Gasteiger partial charge in [0.05, 0.1) is 6.61 Å². The van der Waals surface area contributed by atoms with Crippen LogP contribution in [-0.2, 0) is 0 Å². The second-order valence-electron chi connectivity index (χ2n) is 4.38. The highest BCUT2D eigenvalue weighted by Gasteiger charge is 2.07. The zero-order valence-electron chi connectivity index (χ0n) is 10.8. The van der Waals surface area contributed by atoms with Crippen LogP contribution in [0.25, 0.3) is 0 Å². The van der Waals surface area contributed by atoms with Crippen molar-refractivity contribution in [1.29, 1.82) is 0 Å². The van der Waals surface area contributed by atoms with Gasteiger partial charge in [0, 0.05) is 18.7 Å². The van der Waals surface area contributed by atoms with E-state index in [0.29, 0.717) is 24.9 Å². The van der Waals surface area contributed by atoms with Gasteiger partial charge in [0.15, 0.2) is 0 Å². The molecule has 1 rings (SSSR count). The molecule has 3 N–H and O–H groups in total. The standard InChI is InChI=1S/C12H22N4O/c1-4-5-17-12-6-11(15-8-16-12)14-7-10(13)9(2)3/h6,8-10H,4-5,7,13H2,1-3H3,(H,14,15,16). The first-order chi connectivity index (χ1) is 8.13. The summed E-state index contributed by atoms with van der Waals surface area (Å²) in [6.07, 6.45) is 2.46. The highest BCUT2D eigenvalue weighted by atomic mass is 16.5. The normalized spacial score (nSPS) is 12.5. The number of rotatable bonds is 7. The van der Waals surface area contributed by atoms with Gasteiger partial charge in [-0.2, -0.15) is 0 Å². The molecule has 0 aromatic carbocycles. The van der Waals surface area contributed by atoms with E-state index in [1.807, 2.05) is 0 Å². The Balaban J connectivity index is 2.48. The quantitative estimate of drug-likeness (QED) is 0.755. The molecule has 0 aliphatic carbocycles. The van der Waals surface area contributed by atoms with Gasteiger partial charge in [-0.1, -0.05) is 20.8 Å². The summed E-state index contributed by atoms with van der Waals surface area (Å²) in [7, 11) is 0. The topological polar surface area (TPSA) is 73.1 Å². The summed E-state index contributed by atoms with van der Waals surface area (Å²) in [5, 5.41) is 3.19. The molecule has 1 atom stereocenters. The van der Waals surface area contributed by atoms with Crippen molar-refractivity contribution in [2.45, 2.75) is 33.2 Å². The molecule has 1 aromatic rings. The molecule has 0 saturated carbocycles. The predicted molar refractivity (Wildman–Crippen MR) is 69.1 cm³/mol. The minimum atomic E-state index is 0.116. The van der Waals surface area contributed by atoms with Gasteiger partial charge < -0.3 is 15.8 Å². The minimum absolute atomic E-state index is 0.116. The summed E-state index contributed by atoms with van der Waals surface area (Å²) in [5.41, 5.74) is 5.95. The lowest BCUT2D eigenvalue weighted by molar-refractivity contribution is 0.305. The smallest absolute Gasteiger partial charge is 0.218 e. The third-order valence-electron chi connectivity index (χ3n) is 2.47. The van der Waals surface area contributed by atoms with E-state index in [2.05, 4.69) is 36.1 Å². The Morgan fingerprint density at radius 1 is 1.41 bits per heavy atom. The molecule has 1 aromatic heterocycles. The molecule has 0 radical (unpaired) electrons. The van der Waals surface area contributed by atoms with Crippen LogP contribution >= 0.6 is 0 Å². The Kier molecular flexibility index (Phi) is 5.69. The van der Waals surface area contributed by atoms with Gasteiger partial charge in [0.2, 0.25) is 5.88 Å². The number of nitrogens with zero attached hydrogens (tertiary/aromatic N) is 2. The second-order valence-corrected chi connectivity index (χ2v) is 4.38. The maximum Gasteiger partial charge on any atom is 0.218 e. The Morgan fingerprint density at radius 2 is 2.18 bits per heavy atom. The molecule has 96 valence electrons. The summed E-state index contributed by atoms with van der Waals surface area (Å²) in [6.45, 7) is 7.62. The first-order valence-electron chi connectivity index (χ1n) is 6.07. The lowest BCUT2D eigenvalue weighted by atomic mass is 10.1. The van der Waals surface area contributed by atoms with E-state index in [9.17, 15) is 0 Å². The number of ether oxygens (including phenoxy) is 1. The predicted octanol–water partition coefficient (Wildman–Crippen LogP) is 1.66. The van der Waals surface area contributed by atoms with E-state index in [0.717, 1.165) is 12.2 Å². The Labute approximate surface area is 103 Å². The molecule has 0 amide bonds. The van der Waals surface area contributed by atoms with Crippen LogP contribution in [-0.4, -0.2) is 29.2 Å². The highest BCUT2D eigenvalue weighted by Crippen LogP contribution is 2.11. The van der Waals surface area contributed by atoms with Crippen molar-refractivity contribution in [3.05, 3.63) is 12.4 Å². The summed E-state index contributed by atoms with van der Waals surface area (Å²) in [5.74, 6) is 1.80. The Bertz CT molecular complexity index is 330. The zero-order chi connectivity index (χ0) is 12.7. The third kappa shape index (κ3) is 4.99. The minimum Gasteiger partial charge on any atom is -0.478 e. The van der Waals surface area contributed by atoms with Crippen LogP contribution in [0.3, 0.4) is 0 Å². The summed E-state index contributed by atoms with van der Waals surface area (Å²) >= 11 is 0. The SMILES string of the molecule is CCCOc1cc(NCC(N)C(C)C)ncn1. The largest absolute Gasteiger partial charge is 0.478 e. The molecule has 1 unspecified atom stereocenters. The van der Waals surface area contributed by atoms with E-state index in [1.165, 1.54) is 6.33 Å². The second kappa shape index (κ2) is 7.06. The summed E-state index contributed by atoms with van der Waals surface area (Å²) in [6, 6.07) is 1.91. The number of aromatic nitrogens is 2. The van der Waals surface area contributed by atoms with E-state index in [4.69, 9.17) is 10.5 Å². The molecule has 17 heavy (non-hydrogen) atoms. The lowest BCUT2D eigenvalue weighted by Gasteiger charge is -2.16. The van der Waals surface area contributed by atoms with E-state index in [-0.39, 0.29) is 6.04 Å². The van der Waals surface area contributed by atoms with Crippen molar-refractivity contribution in [3.63, 3.8) is 0 Å². The number of nitrogens with one attached hydrogen (secondary N) is 1. The van der Waals surface area contributed by atoms with Gasteiger partial charge in [0.25, 0.3) is 0 Å². The summed E-state index contributed by atoms with van der Waals surface area (Å²) in [4.78, 5) is 8.16. The van der Waals surface area contributed by atoms with Crippen LogP contribution in [0, 0.1) is 5.92 Å². The maximum absolute atomic E-state index is 5.95. The molecular formula is C12H22N4O. The monoisotopic (exact) mass is 238 g/mol. The first-order valence-corrected chi connectivity index (χ1v) is 6.07. The fourth-order valence-corrected chi connectivity index (χ4v) is 1.18. The third-order valence-corrected chi connectivity index (χ3v) is 2.47. The average molecular weight is 238 g/mol. The lowest BCUT2D eigenvalue weighted by Crippen LogP contribution is -2.34. The number of anilines is 1. The van der Waals surface area contributed by atoms with E-state index >= 15 is 0 Å². The van der Waals surface area contributed by atoms with Gasteiger partial charge in [-0.15, -0.1) is 0 Å². The molecule has 0 aliphatic rings. The van der Waals surface area contributed by atoms with Crippen molar-refractivity contribution in [2.75, 3.05) is 18.5 Å². The molecule has 1 heterocycles. The van der Waals surface area contributed by atoms with Crippen LogP contribution in [0.1, 0.15) is 27.2 Å². The fourth-order valence-electron chi connectivity index (χ4n) is 1.18. The van der Waals surface area contributed by atoms with E-state index < -0.39 is 0 Å². The van der Waals surface area contributed by atoms with Crippen LogP contribution in [0.4, 0.5) is 5.82 Å². The van der Waals surface area contributed by atoms with E-state index in [1.54, 1.807) is 6.07 Å². The van der Waals surface area contributed by atoms with Gasteiger partial charge in [-0.3, -0.25) is 0 Å². The Hall–Kier alpha value is -1.36. The molecule has 0 spiro atoms. The molecule has 0 fully saturated rings. The number of hydrogen-bond acceptors (Lipinski definition) is 5. The van der Waals surface area contributed by atoms with Crippen molar-refractivity contribution in [1.82, 2.24) is 9.97 Å². The maximum atomic E-state index is 5.95. The molecular weight excluding hydrogens is 216 g/mol. The highest BCUT2D eigenvalue weighted by molar-refractivity contribution is 5.37. The molecule has 5 heteroatoms. The Morgan fingerprint density at radius 3 is 2.82 bits per heavy atom. The van der Waals surface area contributed by atoms with Gasteiger partial charge >= 0.3 is 0 Å². The number of nitrogens with two attached hydrogens (primary N) is 1. The molecule has 0 aliphatic heterocycles. The van der Waals surface area contributed by atoms with Gasteiger partial charge in [0.1, 0.15) is 12.1 Å². The zero-order valence-corrected chi connectivity index (χ0v) is 10.8. The molecule has 0 saturated heterocycles. The first kappa shape index (κ1) is 13.7. The van der Waals surface area contributed by atoms with Crippen LogP contribution in [0.15, 0.2) is 12.4 Å².